The number of carbonyl (C=O) groups excluding carboxylic acids is 2. The predicted molar refractivity (Wildman–Crippen MR) is 90.9 cm³/mol. The Morgan fingerprint density at radius 3 is 2.39 bits per heavy atom. The average molecular weight is 332 g/mol. The van der Waals surface area contributed by atoms with Crippen molar-refractivity contribution in [1.29, 1.82) is 0 Å². The summed E-state index contributed by atoms with van der Waals surface area (Å²) in [4.78, 5) is 24.2. The number of rotatable bonds is 4. The second kappa shape index (κ2) is 7.29. The van der Waals surface area contributed by atoms with Crippen LogP contribution in [-0.4, -0.2) is 18.0 Å². The molecule has 0 spiro atoms. The summed E-state index contributed by atoms with van der Waals surface area (Å²) in [5.74, 6) is -0.939. The summed E-state index contributed by atoms with van der Waals surface area (Å²) in [5.41, 5.74) is 3.04. The molecular weight excluding hydrogens is 314 g/mol. The highest BCUT2D eigenvalue weighted by Crippen LogP contribution is 2.17. The molecule has 5 heteroatoms. The first-order valence-electron chi connectivity index (χ1n) is 7.21. The van der Waals surface area contributed by atoms with E-state index < -0.39 is 12.1 Å². The standard InChI is InChI=1S/C18H18ClNO3/c1-11-4-5-12(2)16(10-11)20-17(21)13(3)23-18(22)14-6-8-15(19)9-7-14/h4-10,13H,1-3H3,(H,20,21)/t13-/m1/s1. The Hall–Kier alpha value is -2.33. The van der Waals surface area contributed by atoms with Crippen molar-refractivity contribution in [2.75, 3.05) is 5.32 Å². The summed E-state index contributed by atoms with van der Waals surface area (Å²) < 4.78 is 5.19. The van der Waals surface area contributed by atoms with Gasteiger partial charge in [-0.3, -0.25) is 4.79 Å². The van der Waals surface area contributed by atoms with Crippen molar-refractivity contribution in [2.45, 2.75) is 26.9 Å². The van der Waals surface area contributed by atoms with Gasteiger partial charge in [0.25, 0.3) is 5.91 Å². The number of amides is 1. The van der Waals surface area contributed by atoms with E-state index in [0.29, 0.717) is 16.3 Å². The molecule has 0 heterocycles. The number of halogens is 1. The van der Waals surface area contributed by atoms with Crippen LogP contribution in [0.4, 0.5) is 5.69 Å². The molecular formula is C18H18ClNO3. The summed E-state index contributed by atoms with van der Waals surface area (Å²) in [6.07, 6.45) is -0.905. The molecule has 23 heavy (non-hydrogen) atoms. The van der Waals surface area contributed by atoms with E-state index in [2.05, 4.69) is 5.32 Å². The van der Waals surface area contributed by atoms with Crippen LogP contribution in [0.2, 0.25) is 5.02 Å². The van der Waals surface area contributed by atoms with Crippen molar-refractivity contribution in [3.05, 3.63) is 64.2 Å². The molecule has 1 atom stereocenters. The molecule has 0 unspecified atom stereocenters. The lowest BCUT2D eigenvalue weighted by Crippen LogP contribution is -2.30. The smallest absolute Gasteiger partial charge is 0.338 e. The van der Waals surface area contributed by atoms with E-state index in [4.69, 9.17) is 16.3 Å². The van der Waals surface area contributed by atoms with Gasteiger partial charge in [-0.2, -0.15) is 0 Å². The number of hydrogen-bond acceptors (Lipinski definition) is 3. The molecule has 0 bridgehead atoms. The minimum Gasteiger partial charge on any atom is -0.449 e. The van der Waals surface area contributed by atoms with E-state index in [9.17, 15) is 9.59 Å². The number of benzene rings is 2. The Balaban J connectivity index is 2.01. The average Bonchev–Trinajstić information content (AvgIpc) is 2.51. The lowest BCUT2D eigenvalue weighted by molar-refractivity contribution is -0.123. The van der Waals surface area contributed by atoms with Crippen LogP contribution < -0.4 is 5.32 Å². The number of ether oxygens (including phenoxy) is 1. The maximum absolute atomic E-state index is 12.2. The van der Waals surface area contributed by atoms with Crippen LogP contribution in [0.25, 0.3) is 0 Å². The quantitative estimate of drug-likeness (QED) is 0.857. The zero-order chi connectivity index (χ0) is 17.0. The van der Waals surface area contributed by atoms with E-state index in [-0.39, 0.29) is 5.91 Å². The van der Waals surface area contributed by atoms with Gasteiger partial charge in [0.2, 0.25) is 0 Å². The Bertz CT molecular complexity index is 726. The number of aryl methyl sites for hydroxylation is 2. The lowest BCUT2D eigenvalue weighted by Gasteiger charge is -2.15. The van der Waals surface area contributed by atoms with E-state index in [0.717, 1.165) is 11.1 Å². The number of esters is 1. The molecule has 2 rings (SSSR count). The molecule has 0 saturated heterocycles. The van der Waals surface area contributed by atoms with Crippen LogP contribution in [0.3, 0.4) is 0 Å². The Morgan fingerprint density at radius 1 is 1.09 bits per heavy atom. The number of carbonyl (C=O) groups is 2. The molecule has 1 amide bonds. The fraction of sp³-hybridized carbons (Fsp3) is 0.222. The molecule has 0 aliphatic carbocycles. The maximum atomic E-state index is 12.2. The van der Waals surface area contributed by atoms with Gasteiger partial charge in [-0.05, 0) is 62.2 Å². The SMILES string of the molecule is Cc1ccc(C)c(NC(=O)[C@@H](C)OC(=O)c2ccc(Cl)cc2)c1. The molecule has 120 valence electrons. The van der Waals surface area contributed by atoms with Gasteiger partial charge < -0.3 is 10.1 Å². The van der Waals surface area contributed by atoms with Gasteiger partial charge in [-0.15, -0.1) is 0 Å². The third-order valence-corrected chi connectivity index (χ3v) is 3.64. The van der Waals surface area contributed by atoms with Crippen LogP contribution in [0.5, 0.6) is 0 Å². The van der Waals surface area contributed by atoms with Gasteiger partial charge in [0, 0.05) is 10.7 Å². The monoisotopic (exact) mass is 331 g/mol. The third-order valence-electron chi connectivity index (χ3n) is 3.38. The molecule has 2 aromatic rings. The van der Waals surface area contributed by atoms with Crippen molar-refractivity contribution in [2.24, 2.45) is 0 Å². The van der Waals surface area contributed by atoms with Crippen molar-refractivity contribution < 1.29 is 14.3 Å². The molecule has 0 aliphatic heterocycles. The Morgan fingerprint density at radius 2 is 1.74 bits per heavy atom. The van der Waals surface area contributed by atoms with Crippen molar-refractivity contribution >= 4 is 29.2 Å². The second-order valence-corrected chi connectivity index (χ2v) is 5.80. The first-order valence-corrected chi connectivity index (χ1v) is 7.59. The van der Waals surface area contributed by atoms with Gasteiger partial charge >= 0.3 is 5.97 Å². The van der Waals surface area contributed by atoms with Crippen molar-refractivity contribution in [3.8, 4) is 0 Å². The fourth-order valence-electron chi connectivity index (χ4n) is 1.97. The van der Waals surface area contributed by atoms with Crippen LogP contribution in [0.15, 0.2) is 42.5 Å². The zero-order valence-electron chi connectivity index (χ0n) is 13.2. The first-order chi connectivity index (χ1) is 10.9. The maximum Gasteiger partial charge on any atom is 0.338 e. The number of anilines is 1. The Kier molecular flexibility index (Phi) is 5.40. The van der Waals surface area contributed by atoms with Gasteiger partial charge in [0.15, 0.2) is 6.10 Å². The normalized spacial score (nSPS) is 11.7. The zero-order valence-corrected chi connectivity index (χ0v) is 14.0. The van der Waals surface area contributed by atoms with E-state index in [1.54, 1.807) is 24.3 Å². The summed E-state index contributed by atoms with van der Waals surface area (Å²) in [7, 11) is 0. The summed E-state index contributed by atoms with van der Waals surface area (Å²) in [5, 5.41) is 3.31. The molecule has 0 radical (unpaired) electrons. The van der Waals surface area contributed by atoms with E-state index in [1.807, 2.05) is 32.0 Å². The highest BCUT2D eigenvalue weighted by Gasteiger charge is 2.19. The molecule has 1 N–H and O–H groups in total. The van der Waals surface area contributed by atoms with Crippen molar-refractivity contribution in [3.63, 3.8) is 0 Å². The molecule has 0 aromatic heterocycles. The fourth-order valence-corrected chi connectivity index (χ4v) is 2.10. The van der Waals surface area contributed by atoms with Crippen molar-refractivity contribution in [1.82, 2.24) is 0 Å². The predicted octanol–water partition coefficient (Wildman–Crippen LogP) is 4.14. The first kappa shape index (κ1) is 17.0. The van der Waals surface area contributed by atoms with Gasteiger partial charge in [-0.25, -0.2) is 4.79 Å². The van der Waals surface area contributed by atoms with Crippen LogP contribution in [-0.2, 0) is 9.53 Å². The molecule has 2 aromatic carbocycles. The largest absolute Gasteiger partial charge is 0.449 e. The Labute approximate surface area is 140 Å². The number of nitrogens with one attached hydrogen (secondary N) is 1. The third kappa shape index (κ3) is 4.57. The molecule has 4 nitrogen and oxygen atoms in total. The topological polar surface area (TPSA) is 55.4 Å². The second-order valence-electron chi connectivity index (χ2n) is 5.36. The van der Waals surface area contributed by atoms with Gasteiger partial charge in [-0.1, -0.05) is 23.7 Å². The van der Waals surface area contributed by atoms with Gasteiger partial charge in [0.1, 0.15) is 0 Å². The van der Waals surface area contributed by atoms with Crippen LogP contribution >= 0.6 is 11.6 Å². The summed E-state index contributed by atoms with van der Waals surface area (Å²) in [6.45, 7) is 5.38. The van der Waals surface area contributed by atoms with E-state index >= 15 is 0 Å². The molecule has 0 aliphatic rings. The highest BCUT2D eigenvalue weighted by molar-refractivity contribution is 6.30. The highest BCUT2D eigenvalue weighted by atomic mass is 35.5. The lowest BCUT2D eigenvalue weighted by atomic mass is 10.1. The summed E-state index contributed by atoms with van der Waals surface area (Å²) in [6, 6.07) is 12.1. The molecule has 0 fully saturated rings. The van der Waals surface area contributed by atoms with Crippen LogP contribution in [0.1, 0.15) is 28.4 Å². The minimum atomic E-state index is -0.905. The molecule has 0 saturated carbocycles. The van der Waals surface area contributed by atoms with Crippen LogP contribution in [0, 0.1) is 13.8 Å². The minimum absolute atomic E-state index is 0.348. The number of hydrogen-bond donors (Lipinski definition) is 1. The summed E-state index contributed by atoms with van der Waals surface area (Å²) >= 11 is 5.77. The van der Waals surface area contributed by atoms with Gasteiger partial charge in [0.05, 0.1) is 5.56 Å². The van der Waals surface area contributed by atoms with E-state index in [1.165, 1.54) is 6.92 Å².